The Hall–Kier alpha value is -3.58. The summed E-state index contributed by atoms with van der Waals surface area (Å²) in [7, 11) is 0. The molecule has 2 aromatic carbocycles. The fourth-order valence-corrected chi connectivity index (χ4v) is 4.61. The van der Waals surface area contributed by atoms with E-state index >= 15 is 0 Å². The van der Waals surface area contributed by atoms with E-state index in [4.69, 9.17) is 9.40 Å². The average molecular weight is 462 g/mol. The number of halogens is 2. The first-order valence-electron chi connectivity index (χ1n) is 11.4. The lowest BCUT2D eigenvalue weighted by molar-refractivity contribution is 0.380. The minimum atomic E-state index is -0.728. The molecule has 0 radical (unpaired) electrons. The molecule has 4 aromatic rings. The van der Waals surface area contributed by atoms with Crippen molar-refractivity contribution in [3.63, 3.8) is 0 Å². The molecule has 0 spiro atoms. The molecule has 174 valence electrons. The van der Waals surface area contributed by atoms with Gasteiger partial charge in [-0.3, -0.25) is 9.36 Å². The quantitative estimate of drug-likeness (QED) is 0.435. The lowest BCUT2D eigenvalue weighted by Gasteiger charge is -2.19. The molecule has 0 amide bonds. The molecule has 5 nitrogen and oxygen atoms in total. The topological polar surface area (TPSA) is 60.1 Å². The minimum Gasteiger partial charge on any atom is -0.440 e. The SMILES string of the molecule is Cc1cccc(C)c1-n1cc(-c2nc([C@H]3CCCNC3)oc2-c2ccc(F)cc2F)ccc1=O. The lowest BCUT2D eigenvalue weighted by Crippen LogP contribution is -2.28. The van der Waals surface area contributed by atoms with Crippen molar-refractivity contribution in [1.82, 2.24) is 14.9 Å². The van der Waals surface area contributed by atoms with Crippen molar-refractivity contribution in [2.75, 3.05) is 13.1 Å². The summed E-state index contributed by atoms with van der Waals surface area (Å²) in [5.74, 6) is -0.610. The third kappa shape index (κ3) is 4.07. The van der Waals surface area contributed by atoms with Crippen LogP contribution in [0.1, 0.15) is 35.8 Å². The smallest absolute Gasteiger partial charge is 0.255 e. The second-order valence-electron chi connectivity index (χ2n) is 8.76. The Balaban J connectivity index is 1.70. The highest BCUT2D eigenvalue weighted by molar-refractivity contribution is 5.77. The molecular formula is C27H25F2N3O2. The molecule has 0 unspecified atom stereocenters. The molecular weight excluding hydrogens is 436 g/mol. The van der Waals surface area contributed by atoms with Gasteiger partial charge in [0.2, 0.25) is 0 Å². The van der Waals surface area contributed by atoms with Crippen molar-refractivity contribution in [3.05, 3.63) is 93.7 Å². The number of nitrogens with one attached hydrogen (secondary N) is 1. The molecule has 1 fully saturated rings. The highest BCUT2D eigenvalue weighted by Crippen LogP contribution is 2.37. The largest absolute Gasteiger partial charge is 0.440 e. The Labute approximate surface area is 196 Å². The lowest BCUT2D eigenvalue weighted by atomic mass is 10.00. The van der Waals surface area contributed by atoms with Crippen LogP contribution in [0.5, 0.6) is 0 Å². The van der Waals surface area contributed by atoms with Crippen LogP contribution in [-0.2, 0) is 0 Å². The van der Waals surface area contributed by atoms with Gasteiger partial charge in [-0.1, -0.05) is 18.2 Å². The molecule has 1 N–H and O–H groups in total. The molecule has 3 heterocycles. The second kappa shape index (κ2) is 8.99. The van der Waals surface area contributed by atoms with Crippen LogP contribution in [0.2, 0.25) is 0 Å². The molecule has 5 rings (SSSR count). The zero-order valence-corrected chi connectivity index (χ0v) is 19.1. The summed E-state index contributed by atoms with van der Waals surface area (Å²) in [6, 6.07) is 12.4. The third-order valence-electron chi connectivity index (χ3n) is 6.33. The Morgan fingerprint density at radius 1 is 1.09 bits per heavy atom. The van der Waals surface area contributed by atoms with E-state index in [9.17, 15) is 13.6 Å². The monoisotopic (exact) mass is 461 g/mol. The molecule has 1 aliphatic rings. The van der Waals surface area contributed by atoms with Crippen molar-refractivity contribution >= 4 is 0 Å². The van der Waals surface area contributed by atoms with Gasteiger partial charge in [-0.25, -0.2) is 13.8 Å². The van der Waals surface area contributed by atoms with E-state index in [1.54, 1.807) is 16.8 Å². The first-order valence-corrected chi connectivity index (χ1v) is 11.4. The number of pyridine rings is 1. The fraction of sp³-hybridized carbons (Fsp3) is 0.259. The second-order valence-corrected chi connectivity index (χ2v) is 8.76. The first-order chi connectivity index (χ1) is 16.4. The number of hydrogen-bond donors (Lipinski definition) is 1. The number of aromatic nitrogens is 2. The number of hydrogen-bond acceptors (Lipinski definition) is 4. The van der Waals surface area contributed by atoms with E-state index in [2.05, 4.69) is 5.32 Å². The molecule has 1 atom stereocenters. The molecule has 0 bridgehead atoms. The summed E-state index contributed by atoms with van der Waals surface area (Å²) in [5, 5.41) is 3.34. The Morgan fingerprint density at radius 2 is 1.88 bits per heavy atom. The molecule has 2 aromatic heterocycles. The van der Waals surface area contributed by atoms with Gasteiger partial charge < -0.3 is 9.73 Å². The van der Waals surface area contributed by atoms with Crippen LogP contribution < -0.4 is 10.9 Å². The van der Waals surface area contributed by atoms with Crippen LogP contribution in [0.15, 0.2) is 63.9 Å². The number of para-hydroxylation sites is 1. The van der Waals surface area contributed by atoms with E-state index in [0.717, 1.165) is 42.3 Å². The van der Waals surface area contributed by atoms with Crippen molar-refractivity contribution in [1.29, 1.82) is 0 Å². The number of rotatable bonds is 4. The predicted molar refractivity (Wildman–Crippen MR) is 127 cm³/mol. The van der Waals surface area contributed by atoms with Gasteiger partial charge in [-0.05, 0) is 62.6 Å². The van der Waals surface area contributed by atoms with Crippen LogP contribution >= 0.6 is 0 Å². The molecule has 34 heavy (non-hydrogen) atoms. The maximum Gasteiger partial charge on any atom is 0.255 e. The van der Waals surface area contributed by atoms with Gasteiger partial charge in [0.15, 0.2) is 11.7 Å². The number of nitrogens with zero attached hydrogens (tertiary/aromatic N) is 2. The summed E-state index contributed by atoms with van der Waals surface area (Å²) >= 11 is 0. The highest BCUT2D eigenvalue weighted by atomic mass is 19.1. The molecule has 7 heteroatoms. The summed E-state index contributed by atoms with van der Waals surface area (Å²) < 4.78 is 36.1. The van der Waals surface area contributed by atoms with Gasteiger partial charge in [0.05, 0.1) is 11.3 Å². The van der Waals surface area contributed by atoms with Gasteiger partial charge >= 0.3 is 0 Å². The van der Waals surface area contributed by atoms with Crippen molar-refractivity contribution in [3.8, 4) is 28.3 Å². The highest BCUT2D eigenvalue weighted by Gasteiger charge is 2.26. The van der Waals surface area contributed by atoms with Crippen LogP contribution in [0.4, 0.5) is 8.78 Å². The average Bonchev–Trinajstić information content (AvgIpc) is 3.26. The van der Waals surface area contributed by atoms with Crippen LogP contribution in [0, 0.1) is 25.5 Å². The van der Waals surface area contributed by atoms with Crippen LogP contribution in [0.3, 0.4) is 0 Å². The van der Waals surface area contributed by atoms with Gasteiger partial charge in [0.25, 0.3) is 5.56 Å². The summed E-state index contributed by atoms with van der Waals surface area (Å²) in [5.41, 5.74) is 3.69. The van der Waals surface area contributed by atoms with Crippen molar-refractivity contribution in [2.45, 2.75) is 32.6 Å². The summed E-state index contributed by atoms with van der Waals surface area (Å²) in [6.45, 7) is 5.55. The maximum absolute atomic E-state index is 14.8. The standard InChI is InChI=1S/C27H25F2N3O2/c1-16-5-3-6-17(2)25(16)32-15-19(8-11-23(32)33)24-26(21-10-9-20(28)13-22(21)29)34-27(31-24)18-7-4-12-30-14-18/h3,5-6,8-11,13,15,18,30H,4,7,12,14H2,1-2H3/t18-/m0/s1. The zero-order valence-electron chi connectivity index (χ0n) is 19.1. The normalized spacial score (nSPS) is 16.1. The van der Waals surface area contributed by atoms with E-state index in [-0.39, 0.29) is 22.8 Å². The number of aryl methyl sites for hydroxylation is 2. The van der Waals surface area contributed by atoms with E-state index in [1.165, 1.54) is 18.2 Å². The van der Waals surface area contributed by atoms with Gasteiger partial charge in [-0.2, -0.15) is 0 Å². The van der Waals surface area contributed by atoms with Gasteiger partial charge in [0.1, 0.15) is 17.3 Å². The Morgan fingerprint density at radius 3 is 2.59 bits per heavy atom. The van der Waals surface area contributed by atoms with Crippen molar-refractivity contribution < 1.29 is 13.2 Å². The van der Waals surface area contributed by atoms with Gasteiger partial charge in [0, 0.05) is 36.4 Å². The zero-order chi connectivity index (χ0) is 23.8. The first kappa shape index (κ1) is 22.2. The summed E-state index contributed by atoms with van der Waals surface area (Å²) in [6.07, 6.45) is 3.60. The van der Waals surface area contributed by atoms with Crippen LogP contribution in [0.25, 0.3) is 28.3 Å². The molecule has 0 saturated carbocycles. The summed E-state index contributed by atoms with van der Waals surface area (Å²) in [4.78, 5) is 17.6. The molecule has 1 aliphatic heterocycles. The van der Waals surface area contributed by atoms with Crippen molar-refractivity contribution in [2.24, 2.45) is 0 Å². The van der Waals surface area contributed by atoms with Gasteiger partial charge in [-0.15, -0.1) is 0 Å². The number of oxazole rings is 1. The van der Waals surface area contributed by atoms with E-state index in [1.807, 2.05) is 32.0 Å². The molecule has 1 saturated heterocycles. The Kier molecular flexibility index (Phi) is 5.87. The third-order valence-corrected chi connectivity index (χ3v) is 6.33. The fourth-order valence-electron chi connectivity index (χ4n) is 4.61. The minimum absolute atomic E-state index is 0.0503. The predicted octanol–water partition coefficient (Wildman–Crippen LogP) is 5.52. The maximum atomic E-state index is 14.8. The van der Waals surface area contributed by atoms with E-state index < -0.39 is 11.6 Å². The van der Waals surface area contributed by atoms with Crippen LogP contribution in [-0.4, -0.2) is 22.6 Å². The van der Waals surface area contributed by atoms with E-state index in [0.29, 0.717) is 23.7 Å². The molecule has 0 aliphatic carbocycles. The Bertz CT molecular complexity index is 1400. The number of benzene rings is 2. The number of piperidine rings is 1.